The van der Waals surface area contributed by atoms with Gasteiger partial charge in [-0.25, -0.2) is 4.98 Å². The molecule has 2 aromatic rings. The number of benzene rings is 1. The zero-order valence-electron chi connectivity index (χ0n) is 12.3. The molecule has 110 valence electrons. The molecule has 2 heterocycles. The first-order chi connectivity index (χ1) is 10.2. The summed E-state index contributed by atoms with van der Waals surface area (Å²) >= 11 is 1.65. The van der Waals surface area contributed by atoms with Crippen molar-refractivity contribution in [2.45, 2.75) is 38.6 Å². The van der Waals surface area contributed by atoms with E-state index in [1.165, 1.54) is 12.0 Å². The average molecular weight is 300 g/mol. The van der Waals surface area contributed by atoms with Gasteiger partial charge in [-0.2, -0.15) is 0 Å². The maximum absolute atomic E-state index is 12.7. The van der Waals surface area contributed by atoms with Crippen molar-refractivity contribution in [3.05, 3.63) is 52.0 Å². The van der Waals surface area contributed by atoms with Gasteiger partial charge in [0, 0.05) is 18.1 Å². The molecule has 4 heteroatoms. The van der Waals surface area contributed by atoms with Crippen LogP contribution in [0.4, 0.5) is 0 Å². The summed E-state index contributed by atoms with van der Waals surface area (Å²) in [5.41, 5.74) is 2.30. The van der Waals surface area contributed by atoms with Gasteiger partial charge in [0.15, 0.2) is 0 Å². The zero-order chi connectivity index (χ0) is 14.7. The van der Waals surface area contributed by atoms with Crippen molar-refractivity contribution in [1.82, 2.24) is 9.88 Å². The van der Waals surface area contributed by atoms with Gasteiger partial charge >= 0.3 is 0 Å². The van der Waals surface area contributed by atoms with Crippen LogP contribution in [0.15, 0.2) is 35.8 Å². The number of nitrogens with zero attached hydrogens (tertiary/aromatic N) is 2. The van der Waals surface area contributed by atoms with Gasteiger partial charge in [0.05, 0.1) is 12.5 Å². The largest absolute Gasteiger partial charge is 0.333 e. The van der Waals surface area contributed by atoms with Gasteiger partial charge in [-0.1, -0.05) is 29.8 Å². The number of amides is 1. The van der Waals surface area contributed by atoms with Gasteiger partial charge in [-0.15, -0.1) is 11.3 Å². The number of thiazole rings is 1. The Bertz CT molecular complexity index is 609. The SMILES string of the molecule is Cc1cccc(CC(=O)N2CCCC[C@H]2c2nccs2)c1. The normalized spacial score (nSPS) is 18.7. The lowest BCUT2D eigenvalue weighted by atomic mass is 10.0. The molecular weight excluding hydrogens is 280 g/mol. The molecule has 1 aromatic carbocycles. The molecule has 1 aromatic heterocycles. The van der Waals surface area contributed by atoms with Gasteiger partial charge in [0.1, 0.15) is 5.01 Å². The molecule has 0 saturated carbocycles. The average Bonchev–Trinajstić information content (AvgIpc) is 3.01. The van der Waals surface area contributed by atoms with Crippen LogP contribution in [0.5, 0.6) is 0 Å². The highest BCUT2D eigenvalue weighted by molar-refractivity contribution is 7.09. The van der Waals surface area contributed by atoms with Crippen molar-refractivity contribution in [1.29, 1.82) is 0 Å². The number of carbonyl (C=O) groups is 1. The lowest BCUT2D eigenvalue weighted by Gasteiger charge is -2.34. The summed E-state index contributed by atoms with van der Waals surface area (Å²) in [5.74, 6) is 0.223. The van der Waals surface area contributed by atoms with Gasteiger partial charge in [0.25, 0.3) is 0 Å². The van der Waals surface area contributed by atoms with Crippen molar-refractivity contribution in [3.8, 4) is 0 Å². The molecular formula is C17H20N2OS. The summed E-state index contributed by atoms with van der Waals surface area (Å²) < 4.78 is 0. The molecule has 3 nitrogen and oxygen atoms in total. The van der Waals surface area contributed by atoms with E-state index < -0.39 is 0 Å². The molecule has 0 radical (unpaired) electrons. The first-order valence-corrected chi connectivity index (χ1v) is 8.36. The standard InChI is InChI=1S/C17H20N2OS/c1-13-5-4-6-14(11-13)12-16(20)19-9-3-2-7-15(19)17-18-8-10-21-17/h4-6,8,10-11,15H,2-3,7,9,12H2,1H3/t15-/m0/s1. The van der Waals surface area contributed by atoms with Crippen molar-refractivity contribution < 1.29 is 4.79 Å². The lowest BCUT2D eigenvalue weighted by molar-refractivity contribution is -0.134. The molecule has 0 spiro atoms. The number of aryl methyl sites for hydroxylation is 1. The van der Waals surface area contributed by atoms with Gasteiger partial charge in [0.2, 0.25) is 5.91 Å². The van der Waals surface area contributed by atoms with Crippen LogP contribution in [0.2, 0.25) is 0 Å². The summed E-state index contributed by atoms with van der Waals surface area (Å²) in [6.07, 6.45) is 5.63. The lowest BCUT2D eigenvalue weighted by Crippen LogP contribution is -2.39. The minimum Gasteiger partial charge on any atom is -0.333 e. The van der Waals surface area contributed by atoms with E-state index >= 15 is 0 Å². The third kappa shape index (κ3) is 3.32. The first kappa shape index (κ1) is 14.3. The molecule has 1 aliphatic heterocycles. The van der Waals surface area contributed by atoms with Gasteiger partial charge in [-0.3, -0.25) is 4.79 Å². The van der Waals surface area contributed by atoms with E-state index in [1.54, 1.807) is 11.3 Å². The maximum atomic E-state index is 12.7. The Balaban J connectivity index is 1.75. The minimum atomic E-state index is 0.177. The fraction of sp³-hybridized carbons (Fsp3) is 0.412. The van der Waals surface area contributed by atoms with Crippen LogP contribution in [0.3, 0.4) is 0 Å². The molecule has 0 aliphatic carbocycles. The highest BCUT2D eigenvalue weighted by Gasteiger charge is 2.29. The topological polar surface area (TPSA) is 33.2 Å². The highest BCUT2D eigenvalue weighted by atomic mass is 32.1. The summed E-state index contributed by atoms with van der Waals surface area (Å²) in [6.45, 7) is 2.92. The maximum Gasteiger partial charge on any atom is 0.227 e. The van der Waals surface area contributed by atoms with Crippen LogP contribution in [0.25, 0.3) is 0 Å². The van der Waals surface area contributed by atoms with Crippen molar-refractivity contribution >= 4 is 17.2 Å². The van der Waals surface area contributed by atoms with E-state index in [1.807, 2.05) is 28.6 Å². The predicted octanol–water partition coefficient (Wildman–Crippen LogP) is 3.75. The van der Waals surface area contributed by atoms with Crippen LogP contribution in [-0.4, -0.2) is 22.3 Å². The third-order valence-electron chi connectivity index (χ3n) is 4.00. The molecule has 0 N–H and O–H groups in total. The number of rotatable bonds is 3. The van der Waals surface area contributed by atoms with Gasteiger partial charge in [-0.05, 0) is 31.7 Å². The second-order valence-electron chi connectivity index (χ2n) is 5.63. The van der Waals surface area contributed by atoms with Gasteiger partial charge < -0.3 is 4.90 Å². The summed E-state index contributed by atoms with van der Waals surface area (Å²) in [5, 5.41) is 3.07. The number of aromatic nitrogens is 1. The smallest absolute Gasteiger partial charge is 0.227 e. The Labute approximate surface area is 129 Å². The Kier molecular flexibility index (Phi) is 4.34. The van der Waals surface area contributed by atoms with Crippen molar-refractivity contribution in [2.75, 3.05) is 6.54 Å². The minimum absolute atomic E-state index is 0.177. The Morgan fingerprint density at radius 2 is 2.33 bits per heavy atom. The number of likely N-dealkylation sites (tertiary alicyclic amines) is 1. The van der Waals surface area contributed by atoms with Crippen LogP contribution >= 0.6 is 11.3 Å². The second kappa shape index (κ2) is 6.39. The first-order valence-electron chi connectivity index (χ1n) is 7.48. The van der Waals surface area contributed by atoms with Crippen molar-refractivity contribution in [2.24, 2.45) is 0 Å². The van der Waals surface area contributed by atoms with E-state index in [0.29, 0.717) is 6.42 Å². The Morgan fingerprint density at radius 1 is 1.43 bits per heavy atom. The fourth-order valence-electron chi connectivity index (χ4n) is 2.98. The van der Waals surface area contributed by atoms with Crippen LogP contribution in [0.1, 0.15) is 41.4 Å². The zero-order valence-corrected chi connectivity index (χ0v) is 13.1. The molecule has 1 fully saturated rings. The summed E-state index contributed by atoms with van der Waals surface area (Å²) in [7, 11) is 0. The number of hydrogen-bond donors (Lipinski definition) is 0. The van der Waals surface area contributed by atoms with E-state index in [4.69, 9.17) is 0 Å². The molecule has 1 atom stereocenters. The highest BCUT2D eigenvalue weighted by Crippen LogP contribution is 2.32. The number of piperidine rings is 1. The van der Waals surface area contributed by atoms with Crippen LogP contribution < -0.4 is 0 Å². The Morgan fingerprint density at radius 3 is 3.10 bits per heavy atom. The van der Waals surface area contributed by atoms with E-state index in [9.17, 15) is 4.79 Å². The number of carbonyl (C=O) groups excluding carboxylic acids is 1. The molecule has 1 amide bonds. The quantitative estimate of drug-likeness (QED) is 0.865. The van der Waals surface area contributed by atoms with E-state index in [0.717, 1.165) is 30.0 Å². The monoisotopic (exact) mass is 300 g/mol. The molecule has 3 rings (SSSR count). The molecule has 0 bridgehead atoms. The Hall–Kier alpha value is -1.68. The number of hydrogen-bond acceptors (Lipinski definition) is 3. The second-order valence-corrected chi connectivity index (χ2v) is 6.56. The summed E-state index contributed by atoms with van der Waals surface area (Å²) in [4.78, 5) is 19.1. The molecule has 1 saturated heterocycles. The van der Waals surface area contributed by atoms with E-state index in [2.05, 4.69) is 24.0 Å². The third-order valence-corrected chi connectivity index (χ3v) is 4.87. The molecule has 0 unspecified atom stereocenters. The predicted molar refractivity (Wildman–Crippen MR) is 85.3 cm³/mol. The van der Waals surface area contributed by atoms with Crippen molar-refractivity contribution in [3.63, 3.8) is 0 Å². The molecule has 1 aliphatic rings. The van der Waals surface area contributed by atoms with Crippen LogP contribution in [0, 0.1) is 6.92 Å². The van der Waals surface area contributed by atoms with E-state index in [-0.39, 0.29) is 11.9 Å². The fourth-order valence-corrected chi connectivity index (χ4v) is 3.77. The summed E-state index contributed by atoms with van der Waals surface area (Å²) in [6, 6.07) is 8.39. The van der Waals surface area contributed by atoms with Crippen LogP contribution in [-0.2, 0) is 11.2 Å². The molecule has 21 heavy (non-hydrogen) atoms.